The summed E-state index contributed by atoms with van der Waals surface area (Å²) in [5.74, 6) is 2.56. The van der Waals surface area contributed by atoms with Crippen LogP contribution in [0.4, 0.5) is 5.69 Å². The summed E-state index contributed by atoms with van der Waals surface area (Å²) < 4.78 is 19.0. The van der Waals surface area contributed by atoms with Gasteiger partial charge in [0.25, 0.3) is 0 Å². The third-order valence-electron chi connectivity index (χ3n) is 11.5. The molecule has 48 heavy (non-hydrogen) atoms. The number of nitrogens with zero attached hydrogens (tertiary/aromatic N) is 1. The van der Waals surface area contributed by atoms with Gasteiger partial charge in [-0.25, -0.2) is 4.79 Å². The first-order valence-electron chi connectivity index (χ1n) is 17.6. The lowest BCUT2D eigenvalue weighted by Crippen LogP contribution is -2.53. The molecule has 4 atom stereocenters. The molecule has 0 amide bonds. The number of fused-ring (bicyclic) bond motifs is 4. The van der Waals surface area contributed by atoms with Crippen molar-refractivity contribution in [2.45, 2.75) is 101 Å². The van der Waals surface area contributed by atoms with Crippen LogP contribution in [0, 0.1) is 11.8 Å². The van der Waals surface area contributed by atoms with Gasteiger partial charge in [-0.3, -0.25) is 4.98 Å². The maximum absolute atomic E-state index is 12.9. The molecule has 1 spiro atoms. The van der Waals surface area contributed by atoms with Crippen molar-refractivity contribution in [2.24, 2.45) is 11.8 Å². The summed E-state index contributed by atoms with van der Waals surface area (Å²) in [6, 6.07) is 13.6. The van der Waals surface area contributed by atoms with Gasteiger partial charge in [0.05, 0.1) is 19.8 Å². The van der Waals surface area contributed by atoms with Gasteiger partial charge in [-0.1, -0.05) is 31.5 Å². The number of aromatic nitrogens is 1. The number of halogens is 1. The second kappa shape index (κ2) is 13.4. The Labute approximate surface area is 288 Å². The molecule has 3 aliphatic carbocycles. The van der Waals surface area contributed by atoms with E-state index in [0.29, 0.717) is 60.8 Å². The van der Waals surface area contributed by atoms with Crippen LogP contribution < -0.4 is 19.5 Å². The highest BCUT2D eigenvalue weighted by Gasteiger charge is 2.54. The number of hydrogen-bond donors (Lipinski definition) is 3. The number of hydrogen-bond acceptors (Lipinski definition) is 7. The van der Waals surface area contributed by atoms with Gasteiger partial charge in [0.1, 0.15) is 17.4 Å². The first-order chi connectivity index (χ1) is 23.2. The Bertz CT molecular complexity index is 1650. The zero-order chi connectivity index (χ0) is 33.5. The number of carboxylic acids is 1. The summed E-state index contributed by atoms with van der Waals surface area (Å²) in [5.41, 5.74) is 4.33. The number of aryl methyl sites for hydroxylation is 1. The normalized spacial score (nSPS) is 28.2. The summed E-state index contributed by atoms with van der Waals surface area (Å²) in [4.78, 5) is 17.6. The molecule has 1 saturated carbocycles. The Hall–Kier alpha value is -3.49. The Balaban J connectivity index is 1.16. The van der Waals surface area contributed by atoms with E-state index in [2.05, 4.69) is 36.3 Å². The monoisotopic (exact) mass is 674 g/mol. The minimum Gasteiger partial charge on any atom is -0.493 e. The lowest BCUT2D eigenvalue weighted by molar-refractivity contribution is -0.144. The van der Waals surface area contributed by atoms with E-state index >= 15 is 0 Å². The van der Waals surface area contributed by atoms with Crippen LogP contribution in [0.3, 0.4) is 0 Å². The van der Waals surface area contributed by atoms with Crippen molar-refractivity contribution in [3.05, 3.63) is 76.1 Å². The van der Waals surface area contributed by atoms with Gasteiger partial charge in [-0.2, -0.15) is 0 Å². The van der Waals surface area contributed by atoms with Crippen molar-refractivity contribution in [3.63, 3.8) is 0 Å². The lowest BCUT2D eigenvalue weighted by atomic mass is 9.59. The highest BCUT2D eigenvalue weighted by atomic mass is 35.5. The van der Waals surface area contributed by atoms with Gasteiger partial charge in [-0.15, -0.1) is 0 Å². The summed E-state index contributed by atoms with van der Waals surface area (Å²) in [7, 11) is 0. The fourth-order valence-corrected chi connectivity index (χ4v) is 9.18. The van der Waals surface area contributed by atoms with Gasteiger partial charge in [0.2, 0.25) is 0 Å². The average molecular weight is 675 g/mol. The summed E-state index contributed by atoms with van der Waals surface area (Å²) >= 11 is 6.27. The Morgan fingerprint density at radius 1 is 1.15 bits per heavy atom. The van der Waals surface area contributed by atoms with Crippen molar-refractivity contribution in [3.8, 4) is 17.2 Å². The van der Waals surface area contributed by atoms with Gasteiger partial charge in [0.15, 0.2) is 11.5 Å². The second-order valence-corrected chi connectivity index (χ2v) is 15.1. The molecule has 7 rings (SSSR count). The first-order valence-corrected chi connectivity index (χ1v) is 18.0. The van der Waals surface area contributed by atoms with Crippen molar-refractivity contribution >= 4 is 23.3 Å². The number of ether oxygens (including phenoxy) is 3. The van der Waals surface area contributed by atoms with Gasteiger partial charge in [-0.05, 0) is 128 Å². The van der Waals surface area contributed by atoms with Crippen LogP contribution in [-0.2, 0) is 23.1 Å². The van der Waals surface area contributed by atoms with E-state index in [1.54, 1.807) is 12.1 Å². The van der Waals surface area contributed by atoms with Crippen LogP contribution in [0.2, 0.25) is 5.02 Å². The first kappa shape index (κ1) is 33.0. The third-order valence-corrected chi connectivity index (χ3v) is 11.8. The Morgan fingerprint density at radius 3 is 2.75 bits per heavy atom. The molecule has 1 aromatic heterocycles. The molecule has 1 aliphatic heterocycles. The number of anilines is 1. The molecule has 3 N–H and O–H groups in total. The highest BCUT2D eigenvalue weighted by Crippen LogP contribution is 2.58. The SMILES string of the molecule is C[C@@H](COc1ccnc2c1[C@H](C)CCC2)CC1Cc2cc3c(cc2C12CCC(Nc1cccc(Cl)c1)(C(=O)O)CC2)OC(CO)CCO3. The fourth-order valence-electron chi connectivity index (χ4n) is 8.99. The largest absolute Gasteiger partial charge is 0.493 e. The fraction of sp³-hybridized carbons (Fsp3) is 0.538. The molecular formula is C39H47ClN2O6. The summed E-state index contributed by atoms with van der Waals surface area (Å²) in [6.07, 6.45) is 9.76. The van der Waals surface area contributed by atoms with E-state index in [4.69, 9.17) is 25.8 Å². The molecule has 2 aromatic carbocycles. The van der Waals surface area contributed by atoms with Crippen molar-refractivity contribution in [1.29, 1.82) is 0 Å². The predicted molar refractivity (Wildman–Crippen MR) is 186 cm³/mol. The molecule has 0 radical (unpaired) electrons. The molecule has 9 heteroatoms. The molecule has 2 heterocycles. The number of benzene rings is 2. The molecule has 0 saturated heterocycles. The standard InChI is InChI=1S/C39H47ClN2O6/c1-24(23-47-33-9-15-41-32-8-3-5-25(2)36(32)33)17-27-18-26-19-34-35(48-30(22-43)10-16-46-34)21-31(26)38(27)11-13-39(14-12-38,37(44)45)42-29-7-4-6-28(40)20-29/h4,6-7,9,15,19-21,24-25,27,30,42-43H,3,5,8,10-14,16-18,22-23H2,1-2H3,(H,44,45)/t24-,25-,27?,30?,38?,39?/m1/s1. The highest BCUT2D eigenvalue weighted by molar-refractivity contribution is 6.30. The van der Waals surface area contributed by atoms with Gasteiger partial charge >= 0.3 is 5.97 Å². The smallest absolute Gasteiger partial charge is 0.329 e. The number of aliphatic hydroxyl groups is 1. The van der Waals surface area contributed by atoms with Crippen molar-refractivity contribution in [1.82, 2.24) is 4.98 Å². The van der Waals surface area contributed by atoms with Crippen molar-refractivity contribution in [2.75, 3.05) is 25.1 Å². The van der Waals surface area contributed by atoms with E-state index in [0.717, 1.165) is 50.0 Å². The number of carbonyl (C=O) groups is 1. The Morgan fingerprint density at radius 2 is 1.98 bits per heavy atom. The lowest BCUT2D eigenvalue weighted by Gasteiger charge is -2.47. The topological polar surface area (TPSA) is 110 Å². The quantitative estimate of drug-likeness (QED) is 0.212. The zero-order valence-electron chi connectivity index (χ0n) is 28.0. The molecule has 256 valence electrons. The van der Waals surface area contributed by atoms with E-state index in [9.17, 15) is 15.0 Å². The van der Waals surface area contributed by atoms with Crippen LogP contribution in [-0.4, -0.2) is 52.6 Å². The molecule has 1 fully saturated rings. The molecule has 4 aliphatic rings. The Kier molecular flexibility index (Phi) is 9.24. The molecule has 3 aromatic rings. The minimum atomic E-state index is -1.09. The van der Waals surface area contributed by atoms with E-state index in [1.807, 2.05) is 24.4 Å². The zero-order valence-corrected chi connectivity index (χ0v) is 28.7. The number of aliphatic hydroxyl groups excluding tert-OH is 1. The second-order valence-electron chi connectivity index (χ2n) is 14.7. The summed E-state index contributed by atoms with van der Waals surface area (Å²) in [6.45, 7) is 5.58. The van der Waals surface area contributed by atoms with E-state index < -0.39 is 11.5 Å². The molecule has 8 nitrogen and oxygen atoms in total. The summed E-state index contributed by atoms with van der Waals surface area (Å²) in [5, 5.41) is 24.5. The maximum Gasteiger partial charge on any atom is 0.329 e. The van der Waals surface area contributed by atoms with Crippen LogP contribution in [0.25, 0.3) is 0 Å². The average Bonchev–Trinajstić information content (AvgIpc) is 3.20. The molecule has 2 unspecified atom stereocenters. The van der Waals surface area contributed by atoms with Crippen LogP contribution in [0.5, 0.6) is 17.2 Å². The third kappa shape index (κ3) is 6.22. The van der Waals surface area contributed by atoms with E-state index in [-0.39, 0.29) is 24.0 Å². The number of pyridine rings is 1. The number of rotatable bonds is 9. The maximum atomic E-state index is 12.9. The minimum absolute atomic E-state index is 0.0685. The molecule has 0 bridgehead atoms. The number of nitrogens with one attached hydrogen (secondary N) is 1. The van der Waals surface area contributed by atoms with Crippen molar-refractivity contribution < 1.29 is 29.2 Å². The number of aliphatic carboxylic acids is 1. The number of carboxylic acid groups (broad SMARTS) is 1. The predicted octanol–water partition coefficient (Wildman–Crippen LogP) is 7.72. The molecular weight excluding hydrogens is 628 g/mol. The van der Waals surface area contributed by atoms with Crippen LogP contribution in [0.15, 0.2) is 48.7 Å². The van der Waals surface area contributed by atoms with Gasteiger partial charge in [0, 0.05) is 34.6 Å². The van der Waals surface area contributed by atoms with E-state index in [1.165, 1.54) is 28.8 Å². The van der Waals surface area contributed by atoms with Crippen LogP contribution >= 0.6 is 11.6 Å². The van der Waals surface area contributed by atoms with Gasteiger partial charge < -0.3 is 29.7 Å². The van der Waals surface area contributed by atoms with Crippen LogP contribution in [0.1, 0.15) is 93.5 Å².